The Morgan fingerprint density at radius 3 is 2.55 bits per heavy atom. The summed E-state index contributed by atoms with van der Waals surface area (Å²) in [5.74, 6) is 0. The Morgan fingerprint density at radius 1 is 1.05 bits per heavy atom. The van der Waals surface area contributed by atoms with Gasteiger partial charge in [-0.15, -0.1) is 0 Å². The third-order valence-corrected chi connectivity index (χ3v) is 4.75. The number of likely N-dealkylation sites (tertiary alicyclic amines) is 2. The van der Waals surface area contributed by atoms with Gasteiger partial charge >= 0.3 is 0 Å². The minimum Gasteiger partial charge on any atom is -0.387 e. The van der Waals surface area contributed by atoms with Crippen LogP contribution in [-0.2, 0) is 0 Å². The van der Waals surface area contributed by atoms with Gasteiger partial charge in [-0.05, 0) is 50.9 Å². The van der Waals surface area contributed by atoms with E-state index in [1.165, 1.54) is 38.8 Å². The average molecular weight is 274 g/mol. The molecule has 3 rings (SSSR count). The van der Waals surface area contributed by atoms with Gasteiger partial charge < -0.3 is 5.11 Å². The maximum Gasteiger partial charge on any atom is 0.0916 e. The van der Waals surface area contributed by atoms with Crippen molar-refractivity contribution < 1.29 is 5.11 Å². The van der Waals surface area contributed by atoms with E-state index in [-0.39, 0.29) is 6.10 Å². The molecule has 2 aliphatic rings. The lowest BCUT2D eigenvalue weighted by atomic mass is 10.0. The number of rotatable bonds is 4. The van der Waals surface area contributed by atoms with Gasteiger partial charge in [-0.2, -0.15) is 0 Å². The number of aliphatic hydroxyl groups is 1. The highest BCUT2D eigenvalue weighted by atomic mass is 16.3. The Labute approximate surface area is 122 Å². The molecular weight excluding hydrogens is 248 g/mol. The molecule has 0 radical (unpaired) electrons. The monoisotopic (exact) mass is 274 g/mol. The molecule has 3 heteroatoms. The fraction of sp³-hybridized carbons (Fsp3) is 0.647. The number of hydrogen-bond acceptors (Lipinski definition) is 3. The highest BCUT2D eigenvalue weighted by Gasteiger charge is 2.27. The van der Waals surface area contributed by atoms with Crippen LogP contribution in [0.3, 0.4) is 0 Å². The first-order valence-electron chi connectivity index (χ1n) is 8.02. The van der Waals surface area contributed by atoms with E-state index in [2.05, 4.69) is 9.80 Å². The predicted octanol–water partition coefficient (Wildman–Crippen LogP) is 2.28. The highest BCUT2D eigenvalue weighted by molar-refractivity contribution is 5.17. The fourth-order valence-corrected chi connectivity index (χ4v) is 3.63. The molecule has 0 aromatic heterocycles. The van der Waals surface area contributed by atoms with Gasteiger partial charge in [0.15, 0.2) is 0 Å². The summed E-state index contributed by atoms with van der Waals surface area (Å²) in [7, 11) is 0. The van der Waals surface area contributed by atoms with Gasteiger partial charge in [-0.3, -0.25) is 9.80 Å². The van der Waals surface area contributed by atoms with Crippen molar-refractivity contribution in [2.24, 2.45) is 0 Å². The molecule has 0 bridgehead atoms. The summed E-state index contributed by atoms with van der Waals surface area (Å²) in [4.78, 5) is 5.10. The molecule has 2 heterocycles. The van der Waals surface area contributed by atoms with Crippen molar-refractivity contribution >= 4 is 0 Å². The molecule has 20 heavy (non-hydrogen) atoms. The zero-order valence-corrected chi connectivity index (χ0v) is 12.2. The summed E-state index contributed by atoms with van der Waals surface area (Å²) in [5, 5.41) is 10.4. The van der Waals surface area contributed by atoms with E-state index < -0.39 is 0 Å². The first-order chi connectivity index (χ1) is 9.83. The third kappa shape index (κ3) is 3.40. The van der Waals surface area contributed by atoms with Gasteiger partial charge in [-0.1, -0.05) is 30.3 Å². The van der Waals surface area contributed by atoms with Crippen molar-refractivity contribution in [3.63, 3.8) is 0 Å². The molecule has 1 aromatic rings. The second kappa shape index (κ2) is 6.70. The summed E-state index contributed by atoms with van der Waals surface area (Å²) in [6, 6.07) is 10.8. The van der Waals surface area contributed by atoms with E-state index in [1.54, 1.807) is 0 Å². The predicted molar refractivity (Wildman–Crippen MR) is 81.7 cm³/mol. The standard InChI is InChI=1S/C17H26N2O/c20-17(15-7-2-1-3-8-15)14-18-10-6-9-16(13-18)19-11-4-5-12-19/h1-3,7-8,16-17,20H,4-6,9-14H2/t16-,17-/m0/s1. The van der Waals surface area contributed by atoms with Crippen molar-refractivity contribution in [3.05, 3.63) is 35.9 Å². The Morgan fingerprint density at radius 2 is 1.80 bits per heavy atom. The van der Waals surface area contributed by atoms with Crippen molar-refractivity contribution in [1.82, 2.24) is 9.80 Å². The van der Waals surface area contributed by atoms with Gasteiger partial charge in [0.05, 0.1) is 6.10 Å². The molecule has 2 fully saturated rings. The number of β-amino-alcohol motifs (C(OH)–C–C–N with tert-alkyl or cyclic N) is 1. The van der Waals surface area contributed by atoms with Crippen molar-refractivity contribution in [3.8, 4) is 0 Å². The Kier molecular flexibility index (Phi) is 4.71. The highest BCUT2D eigenvalue weighted by Crippen LogP contribution is 2.22. The minimum absolute atomic E-state index is 0.353. The van der Waals surface area contributed by atoms with Crippen LogP contribution in [0.2, 0.25) is 0 Å². The molecule has 0 aliphatic carbocycles. The van der Waals surface area contributed by atoms with Gasteiger partial charge in [-0.25, -0.2) is 0 Å². The van der Waals surface area contributed by atoms with Crippen LogP contribution in [-0.4, -0.2) is 53.7 Å². The Bertz CT molecular complexity index is 403. The van der Waals surface area contributed by atoms with E-state index in [1.807, 2.05) is 30.3 Å². The minimum atomic E-state index is -0.353. The molecule has 0 saturated carbocycles. The number of nitrogens with zero attached hydrogens (tertiary/aromatic N) is 2. The lowest BCUT2D eigenvalue weighted by Crippen LogP contribution is -2.47. The van der Waals surface area contributed by atoms with Crippen LogP contribution in [0.1, 0.15) is 37.4 Å². The summed E-state index contributed by atoms with van der Waals surface area (Å²) in [6.45, 7) is 5.59. The van der Waals surface area contributed by atoms with Gasteiger partial charge in [0.1, 0.15) is 0 Å². The second-order valence-corrected chi connectivity index (χ2v) is 6.23. The molecule has 1 N–H and O–H groups in total. The lowest BCUT2D eigenvalue weighted by Gasteiger charge is -2.38. The van der Waals surface area contributed by atoms with Crippen LogP contribution in [0.5, 0.6) is 0 Å². The number of aliphatic hydroxyl groups excluding tert-OH is 1. The first-order valence-corrected chi connectivity index (χ1v) is 8.02. The van der Waals surface area contributed by atoms with Crippen molar-refractivity contribution in [2.75, 3.05) is 32.7 Å². The summed E-state index contributed by atoms with van der Waals surface area (Å²) in [5.41, 5.74) is 1.04. The molecular formula is C17H26N2O. The lowest BCUT2D eigenvalue weighted by molar-refractivity contribution is 0.0651. The zero-order valence-electron chi connectivity index (χ0n) is 12.2. The van der Waals surface area contributed by atoms with Gasteiger partial charge in [0.25, 0.3) is 0 Å². The van der Waals surface area contributed by atoms with Gasteiger partial charge in [0.2, 0.25) is 0 Å². The van der Waals surface area contributed by atoms with E-state index >= 15 is 0 Å². The normalized spacial score (nSPS) is 26.8. The summed E-state index contributed by atoms with van der Waals surface area (Å²) in [6.07, 6.45) is 4.97. The first kappa shape index (κ1) is 14.1. The fourth-order valence-electron chi connectivity index (χ4n) is 3.63. The topological polar surface area (TPSA) is 26.7 Å². The van der Waals surface area contributed by atoms with Crippen LogP contribution in [0.25, 0.3) is 0 Å². The van der Waals surface area contributed by atoms with E-state index in [4.69, 9.17) is 0 Å². The molecule has 2 aliphatic heterocycles. The molecule has 0 amide bonds. The quantitative estimate of drug-likeness (QED) is 0.912. The zero-order chi connectivity index (χ0) is 13.8. The van der Waals surface area contributed by atoms with E-state index in [0.29, 0.717) is 6.04 Å². The average Bonchev–Trinajstić information content (AvgIpc) is 3.03. The van der Waals surface area contributed by atoms with E-state index in [0.717, 1.165) is 25.2 Å². The van der Waals surface area contributed by atoms with Crippen LogP contribution in [0.4, 0.5) is 0 Å². The molecule has 0 unspecified atom stereocenters. The molecule has 0 spiro atoms. The number of piperidine rings is 1. The largest absolute Gasteiger partial charge is 0.387 e. The SMILES string of the molecule is O[C@@H](CN1CCC[C@H](N2CCCC2)C1)c1ccccc1. The van der Waals surface area contributed by atoms with Crippen molar-refractivity contribution in [1.29, 1.82) is 0 Å². The van der Waals surface area contributed by atoms with Crippen LogP contribution in [0.15, 0.2) is 30.3 Å². The van der Waals surface area contributed by atoms with Gasteiger partial charge in [0, 0.05) is 19.1 Å². The third-order valence-electron chi connectivity index (χ3n) is 4.75. The molecule has 2 saturated heterocycles. The summed E-state index contributed by atoms with van der Waals surface area (Å²) < 4.78 is 0. The van der Waals surface area contributed by atoms with E-state index in [9.17, 15) is 5.11 Å². The van der Waals surface area contributed by atoms with Crippen LogP contribution >= 0.6 is 0 Å². The van der Waals surface area contributed by atoms with Crippen molar-refractivity contribution in [2.45, 2.75) is 37.8 Å². The smallest absolute Gasteiger partial charge is 0.0916 e. The number of benzene rings is 1. The van der Waals surface area contributed by atoms with Crippen LogP contribution in [0, 0.1) is 0 Å². The molecule has 1 aromatic carbocycles. The number of hydrogen-bond donors (Lipinski definition) is 1. The maximum absolute atomic E-state index is 10.4. The Hall–Kier alpha value is -0.900. The Balaban J connectivity index is 1.54. The second-order valence-electron chi connectivity index (χ2n) is 6.23. The summed E-state index contributed by atoms with van der Waals surface area (Å²) >= 11 is 0. The van der Waals surface area contributed by atoms with Crippen LogP contribution < -0.4 is 0 Å². The maximum atomic E-state index is 10.4. The molecule has 110 valence electrons. The molecule has 3 nitrogen and oxygen atoms in total. The molecule has 2 atom stereocenters.